The number of methoxy groups -OCH3 is 1. The fourth-order valence-electron chi connectivity index (χ4n) is 1.32. The summed E-state index contributed by atoms with van der Waals surface area (Å²) in [6, 6.07) is 5.15. The SMILES string of the molecule is COc1ccc(/C=C\C(C)(C)O)c(OC(C)=O)c1. The Kier molecular flexibility index (Phi) is 4.50. The Balaban J connectivity index is 3.09. The highest BCUT2D eigenvalue weighted by Crippen LogP contribution is 2.26. The van der Waals surface area contributed by atoms with E-state index in [1.165, 1.54) is 6.92 Å². The van der Waals surface area contributed by atoms with Crippen LogP contribution in [0.4, 0.5) is 0 Å². The third-order valence-electron chi connectivity index (χ3n) is 2.15. The lowest BCUT2D eigenvalue weighted by Gasteiger charge is -2.12. The van der Waals surface area contributed by atoms with Crippen molar-refractivity contribution in [2.24, 2.45) is 0 Å². The lowest BCUT2D eigenvalue weighted by Crippen LogP contribution is -2.13. The quantitative estimate of drug-likeness (QED) is 0.658. The Labute approximate surface area is 107 Å². The number of hydrogen-bond donors (Lipinski definition) is 1. The number of aliphatic hydroxyl groups is 1. The Morgan fingerprint density at radius 3 is 2.56 bits per heavy atom. The molecule has 1 rings (SSSR count). The zero-order valence-electron chi connectivity index (χ0n) is 11.1. The van der Waals surface area contributed by atoms with Gasteiger partial charge in [0.25, 0.3) is 0 Å². The second-order valence-corrected chi connectivity index (χ2v) is 4.48. The van der Waals surface area contributed by atoms with Crippen molar-refractivity contribution >= 4 is 12.0 Å². The number of ether oxygens (including phenoxy) is 2. The van der Waals surface area contributed by atoms with Crippen molar-refractivity contribution in [1.29, 1.82) is 0 Å². The lowest BCUT2D eigenvalue weighted by atomic mass is 10.1. The molecule has 0 bridgehead atoms. The first-order chi connectivity index (χ1) is 8.31. The highest BCUT2D eigenvalue weighted by Gasteiger charge is 2.09. The molecule has 0 amide bonds. The molecular formula is C14H18O4. The fourth-order valence-corrected chi connectivity index (χ4v) is 1.32. The van der Waals surface area contributed by atoms with Gasteiger partial charge in [-0.05, 0) is 26.0 Å². The molecule has 0 aliphatic carbocycles. The minimum atomic E-state index is -0.923. The van der Waals surface area contributed by atoms with E-state index in [1.54, 1.807) is 51.3 Å². The summed E-state index contributed by atoms with van der Waals surface area (Å²) in [7, 11) is 1.54. The molecular weight excluding hydrogens is 232 g/mol. The van der Waals surface area contributed by atoms with E-state index in [4.69, 9.17) is 9.47 Å². The van der Waals surface area contributed by atoms with Gasteiger partial charge in [0.05, 0.1) is 12.7 Å². The van der Waals surface area contributed by atoms with Gasteiger partial charge in [-0.25, -0.2) is 0 Å². The van der Waals surface area contributed by atoms with Gasteiger partial charge in [-0.15, -0.1) is 0 Å². The topological polar surface area (TPSA) is 55.8 Å². The van der Waals surface area contributed by atoms with Crippen LogP contribution in [0.1, 0.15) is 26.3 Å². The van der Waals surface area contributed by atoms with E-state index in [1.807, 2.05) is 0 Å². The fraction of sp³-hybridized carbons (Fsp3) is 0.357. The van der Waals surface area contributed by atoms with Gasteiger partial charge < -0.3 is 14.6 Å². The number of rotatable bonds is 4. The predicted octanol–water partition coefficient (Wildman–Crippen LogP) is 2.40. The van der Waals surface area contributed by atoms with Crippen molar-refractivity contribution in [2.75, 3.05) is 7.11 Å². The number of carbonyl (C=O) groups is 1. The number of esters is 1. The normalized spacial score (nSPS) is 11.6. The van der Waals surface area contributed by atoms with Gasteiger partial charge >= 0.3 is 5.97 Å². The van der Waals surface area contributed by atoms with Gasteiger partial charge in [-0.2, -0.15) is 0 Å². The third kappa shape index (κ3) is 4.59. The second-order valence-electron chi connectivity index (χ2n) is 4.48. The summed E-state index contributed by atoms with van der Waals surface area (Å²) < 4.78 is 10.2. The molecule has 0 radical (unpaired) electrons. The summed E-state index contributed by atoms with van der Waals surface area (Å²) >= 11 is 0. The van der Waals surface area contributed by atoms with Crippen LogP contribution in [-0.2, 0) is 4.79 Å². The Morgan fingerprint density at radius 2 is 2.06 bits per heavy atom. The largest absolute Gasteiger partial charge is 0.497 e. The van der Waals surface area contributed by atoms with Crippen LogP contribution in [0, 0.1) is 0 Å². The third-order valence-corrected chi connectivity index (χ3v) is 2.15. The maximum absolute atomic E-state index is 11.0. The molecule has 4 nitrogen and oxygen atoms in total. The molecule has 0 spiro atoms. The average Bonchev–Trinajstić information content (AvgIpc) is 2.25. The van der Waals surface area contributed by atoms with Gasteiger partial charge in [-0.1, -0.05) is 12.2 Å². The van der Waals surface area contributed by atoms with E-state index >= 15 is 0 Å². The molecule has 1 N–H and O–H groups in total. The Bertz CT molecular complexity index is 455. The molecule has 98 valence electrons. The van der Waals surface area contributed by atoms with Crippen molar-refractivity contribution in [3.8, 4) is 11.5 Å². The zero-order valence-corrected chi connectivity index (χ0v) is 11.1. The Hall–Kier alpha value is -1.81. The molecule has 4 heteroatoms. The first-order valence-electron chi connectivity index (χ1n) is 5.60. The zero-order chi connectivity index (χ0) is 13.8. The molecule has 1 aromatic rings. The molecule has 1 aromatic carbocycles. The highest BCUT2D eigenvalue weighted by atomic mass is 16.5. The molecule has 0 saturated carbocycles. The van der Waals surface area contributed by atoms with Crippen LogP contribution in [0.25, 0.3) is 6.08 Å². The summed E-state index contributed by atoms with van der Waals surface area (Å²) in [4.78, 5) is 11.0. The lowest BCUT2D eigenvalue weighted by molar-refractivity contribution is -0.131. The maximum Gasteiger partial charge on any atom is 0.308 e. The van der Waals surface area contributed by atoms with Crippen molar-refractivity contribution in [3.63, 3.8) is 0 Å². The minimum Gasteiger partial charge on any atom is -0.497 e. The van der Waals surface area contributed by atoms with E-state index in [0.29, 0.717) is 17.1 Å². The van der Waals surface area contributed by atoms with Gasteiger partial charge in [-0.3, -0.25) is 4.79 Å². The Morgan fingerprint density at radius 1 is 1.39 bits per heavy atom. The van der Waals surface area contributed by atoms with Crippen molar-refractivity contribution in [1.82, 2.24) is 0 Å². The van der Waals surface area contributed by atoms with Gasteiger partial charge in [0.1, 0.15) is 11.5 Å². The molecule has 0 atom stereocenters. The maximum atomic E-state index is 11.0. The standard InChI is InChI=1S/C14H18O4/c1-10(15)18-13-9-12(17-4)6-5-11(13)7-8-14(2,3)16/h5-9,16H,1-4H3/b8-7-. The first-order valence-corrected chi connectivity index (χ1v) is 5.60. The van der Waals surface area contributed by atoms with Crippen molar-refractivity contribution in [3.05, 3.63) is 29.8 Å². The van der Waals surface area contributed by atoms with E-state index in [9.17, 15) is 9.90 Å². The average molecular weight is 250 g/mol. The van der Waals surface area contributed by atoms with Crippen LogP contribution >= 0.6 is 0 Å². The van der Waals surface area contributed by atoms with Crippen molar-refractivity contribution in [2.45, 2.75) is 26.4 Å². The van der Waals surface area contributed by atoms with E-state index in [2.05, 4.69) is 0 Å². The first kappa shape index (κ1) is 14.3. The van der Waals surface area contributed by atoms with E-state index in [-0.39, 0.29) is 0 Å². The summed E-state index contributed by atoms with van der Waals surface area (Å²) in [5.74, 6) is 0.607. The predicted molar refractivity (Wildman–Crippen MR) is 69.6 cm³/mol. The summed E-state index contributed by atoms with van der Waals surface area (Å²) in [5.41, 5.74) is -0.221. The summed E-state index contributed by atoms with van der Waals surface area (Å²) in [6.07, 6.45) is 3.33. The van der Waals surface area contributed by atoms with Crippen LogP contribution in [-0.4, -0.2) is 23.8 Å². The van der Waals surface area contributed by atoms with E-state index < -0.39 is 11.6 Å². The second kappa shape index (κ2) is 5.69. The van der Waals surface area contributed by atoms with Crippen LogP contribution in [0.15, 0.2) is 24.3 Å². The van der Waals surface area contributed by atoms with Crippen LogP contribution in [0.2, 0.25) is 0 Å². The number of hydrogen-bond acceptors (Lipinski definition) is 4. The molecule has 0 aliphatic heterocycles. The van der Waals surface area contributed by atoms with Gasteiger partial charge in [0.15, 0.2) is 0 Å². The highest BCUT2D eigenvalue weighted by molar-refractivity contribution is 5.72. The van der Waals surface area contributed by atoms with Crippen LogP contribution in [0.5, 0.6) is 11.5 Å². The molecule has 0 heterocycles. The molecule has 0 aromatic heterocycles. The smallest absolute Gasteiger partial charge is 0.308 e. The molecule has 0 fully saturated rings. The summed E-state index contributed by atoms with van der Waals surface area (Å²) in [5, 5.41) is 9.63. The van der Waals surface area contributed by atoms with Crippen LogP contribution < -0.4 is 9.47 Å². The monoisotopic (exact) mass is 250 g/mol. The van der Waals surface area contributed by atoms with Gasteiger partial charge in [0, 0.05) is 18.6 Å². The van der Waals surface area contributed by atoms with Crippen molar-refractivity contribution < 1.29 is 19.4 Å². The molecule has 0 unspecified atom stereocenters. The molecule has 18 heavy (non-hydrogen) atoms. The number of carbonyl (C=O) groups excluding carboxylic acids is 1. The molecule has 0 aliphatic rings. The van der Waals surface area contributed by atoms with Gasteiger partial charge in [0.2, 0.25) is 0 Å². The number of benzene rings is 1. The molecule has 0 saturated heterocycles. The van der Waals surface area contributed by atoms with Crippen LogP contribution in [0.3, 0.4) is 0 Å². The van der Waals surface area contributed by atoms with E-state index in [0.717, 1.165) is 0 Å². The minimum absolute atomic E-state index is 0.402. The summed E-state index contributed by atoms with van der Waals surface area (Å²) in [6.45, 7) is 4.67.